The van der Waals surface area contributed by atoms with E-state index in [1.54, 1.807) is 0 Å². The number of halogens is 1. The van der Waals surface area contributed by atoms with Gasteiger partial charge < -0.3 is 10.1 Å². The maximum absolute atomic E-state index is 5.49. The topological polar surface area (TPSA) is 21.3 Å². The summed E-state index contributed by atoms with van der Waals surface area (Å²) in [5.41, 5.74) is 1.35. The summed E-state index contributed by atoms with van der Waals surface area (Å²) in [5.74, 6) is 0.596. The van der Waals surface area contributed by atoms with E-state index in [0.717, 1.165) is 26.2 Å². The van der Waals surface area contributed by atoms with Crippen LogP contribution in [0.4, 0.5) is 0 Å². The van der Waals surface area contributed by atoms with Gasteiger partial charge in [-0.2, -0.15) is 0 Å². The van der Waals surface area contributed by atoms with Crippen molar-refractivity contribution < 1.29 is 4.74 Å². The van der Waals surface area contributed by atoms with E-state index < -0.39 is 0 Å². The molecule has 1 aliphatic heterocycles. The predicted molar refractivity (Wildman–Crippen MR) is 69.5 cm³/mol. The molecule has 2 rings (SSSR count). The molecule has 88 valence electrons. The summed E-state index contributed by atoms with van der Waals surface area (Å²) in [6, 6.07) is 8.86. The van der Waals surface area contributed by atoms with Crippen LogP contribution in [0.3, 0.4) is 0 Å². The van der Waals surface area contributed by atoms with Gasteiger partial charge >= 0.3 is 0 Å². The summed E-state index contributed by atoms with van der Waals surface area (Å²) in [6.45, 7) is 4.91. The Morgan fingerprint density at radius 3 is 2.94 bits per heavy atom. The van der Waals surface area contributed by atoms with Gasteiger partial charge in [0.1, 0.15) is 0 Å². The van der Waals surface area contributed by atoms with E-state index in [-0.39, 0.29) is 0 Å². The van der Waals surface area contributed by atoms with Crippen molar-refractivity contribution >= 4 is 15.9 Å². The van der Waals surface area contributed by atoms with E-state index in [1.165, 1.54) is 10.0 Å². The van der Waals surface area contributed by atoms with Gasteiger partial charge in [0, 0.05) is 23.0 Å². The lowest BCUT2D eigenvalue weighted by Gasteiger charge is -2.24. The predicted octanol–water partition coefficient (Wildman–Crippen LogP) is 3.14. The number of rotatable bonds is 4. The van der Waals surface area contributed by atoms with Gasteiger partial charge in [0.05, 0.1) is 6.61 Å². The van der Waals surface area contributed by atoms with E-state index in [0.29, 0.717) is 12.0 Å². The Hall–Kier alpha value is -0.380. The van der Waals surface area contributed by atoms with Gasteiger partial charge in [-0.3, -0.25) is 0 Å². The molecule has 2 unspecified atom stereocenters. The normalized spacial score (nSPS) is 22.2. The van der Waals surface area contributed by atoms with Crippen LogP contribution in [0.2, 0.25) is 0 Å². The zero-order valence-electron chi connectivity index (χ0n) is 9.58. The fourth-order valence-corrected chi connectivity index (χ4v) is 2.82. The maximum atomic E-state index is 5.49. The molecule has 0 radical (unpaired) electrons. The Labute approximate surface area is 106 Å². The highest BCUT2D eigenvalue weighted by atomic mass is 79.9. The van der Waals surface area contributed by atoms with Crippen LogP contribution in [0.15, 0.2) is 28.7 Å². The van der Waals surface area contributed by atoms with Crippen molar-refractivity contribution in [1.82, 2.24) is 5.32 Å². The number of hydrogen-bond donors (Lipinski definition) is 1. The van der Waals surface area contributed by atoms with E-state index in [9.17, 15) is 0 Å². The molecule has 1 aromatic carbocycles. The number of benzene rings is 1. The molecule has 0 spiro atoms. The van der Waals surface area contributed by atoms with Gasteiger partial charge in [0.2, 0.25) is 0 Å². The summed E-state index contributed by atoms with van der Waals surface area (Å²) < 4.78 is 6.68. The first-order chi connectivity index (χ1) is 7.83. The Balaban J connectivity index is 2.21. The van der Waals surface area contributed by atoms with Gasteiger partial charge in [0.15, 0.2) is 0 Å². The Bertz CT molecular complexity index is 336. The Kier molecular flexibility index (Phi) is 4.38. The van der Waals surface area contributed by atoms with Crippen molar-refractivity contribution in [2.24, 2.45) is 5.92 Å². The van der Waals surface area contributed by atoms with Crippen LogP contribution >= 0.6 is 15.9 Å². The average Bonchev–Trinajstić information content (AvgIpc) is 2.80. The smallest absolute Gasteiger partial charge is 0.0513 e. The first-order valence-electron chi connectivity index (χ1n) is 5.88. The molecule has 0 bridgehead atoms. The van der Waals surface area contributed by atoms with Crippen LogP contribution in [-0.2, 0) is 4.74 Å². The van der Waals surface area contributed by atoms with Crippen molar-refractivity contribution in [3.05, 3.63) is 34.3 Å². The number of ether oxygens (including phenoxy) is 1. The molecule has 0 saturated carbocycles. The van der Waals surface area contributed by atoms with E-state index >= 15 is 0 Å². The lowest BCUT2D eigenvalue weighted by atomic mass is 9.92. The summed E-state index contributed by atoms with van der Waals surface area (Å²) in [6.07, 6.45) is 1.15. The summed E-state index contributed by atoms with van der Waals surface area (Å²) in [7, 11) is 0. The largest absolute Gasteiger partial charge is 0.381 e. The molecule has 1 aliphatic rings. The standard InChI is InChI=1S/C13H18BrNO/c1-2-15-13(10-7-8-16-9-10)11-5-3-4-6-12(11)14/h3-6,10,13,15H,2,7-9H2,1H3. The van der Waals surface area contributed by atoms with Crippen molar-refractivity contribution in [2.45, 2.75) is 19.4 Å². The maximum Gasteiger partial charge on any atom is 0.0513 e. The summed E-state index contributed by atoms with van der Waals surface area (Å²) in [4.78, 5) is 0. The van der Waals surface area contributed by atoms with Crippen LogP contribution in [0.1, 0.15) is 24.9 Å². The molecule has 1 N–H and O–H groups in total. The minimum atomic E-state index is 0.406. The van der Waals surface area contributed by atoms with Gasteiger partial charge in [0.25, 0.3) is 0 Å². The quantitative estimate of drug-likeness (QED) is 0.917. The Morgan fingerprint density at radius 1 is 1.50 bits per heavy atom. The highest BCUT2D eigenvalue weighted by molar-refractivity contribution is 9.10. The lowest BCUT2D eigenvalue weighted by molar-refractivity contribution is 0.177. The molecule has 2 atom stereocenters. The van der Waals surface area contributed by atoms with Crippen LogP contribution in [0.25, 0.3) is 0 Å². The molecule has 2 nitrogen and oxygen atoms in total. The van der Waals surface area contributed by atoms with E-state index in [2.05, 4.69) is 52.4 Å². The molecule has 1 fully saturated rings. The molecule has 1 aromatic rings. The highest BCUT2D eigenvalue weighted by Gasteiger charge is 2.27. The second-order valence-electron chi connectivity index (χ2n) is 4.18. The van der Waals surface area contributed by atoms with Gasteiger partial charge in [-0.15, -0.1) is 0 Å². The minimum Gasteiger partial charge on any atom is -0.381 e. The molecular weight excluding hydrogens is 266 g/mol. The van der Waals surface area contributed by atoms with E-state index in [1.807, 2.05) is 0 Å². The average molecular weight is 284 g/mol. The fourth-order valence-electron chi connectivity index (χ4n) is 2.29. The van der Waals surface area contributed by atoms with Crippen molar-refractivity contribution in [1.29, 1.82) is 0 Å². The van der Waals surface area contributed by atoms with E-state index in [4.69, 9.17) is 4.74 Å². The summed E-state index contributed by atoms with van der Waals surface area (Å²) >= 11 is 3.63. The molecule has 0 aromatic heterocycles. The second kappa shape index (κ2) is 5.80. The first kappa shape index (κ1) is 12.1. The van der Waals surface area contributed by atoms with Crippen LogP contribution in [-0.4, -0.2) is 19.8 Å². The van der Waals surface area contributed by atoms with Gasteiger partial charge in [-0.05, 0) is 24.6 Å². The van der Waals surface area contributed by atoms with Crippen molar-refractivity contribution in [3.63, 3.8) is 0 Å². The zero-order valence-corrected chi connectivity index (χ0v) is 11.2. The van der Waals surface area contributed by atoms with Crippen molar-refractivity contribution in [3.8, 4) is 0 Å². The molecule has 16 heavy (non-hydrogen) atoms. The lowest BCUT2D eigenvalue weighted by Crippen LogP contribution is -2.28. The first-order valence-corrected chi connectivity index (χ1v) is 6.67. The second-order valence-corrected chi connectivity index (χ2v) is 5.03. The van der Waals surface area contributed by atoms with Crippen LogP contribution in [0.5, 0.6) is 0 Å². The zero-order chi connectivity index (χ0) is 11.4. The third-order valence-corrected chi connectivity index (χ3v) is 3.82. The Morgan fingerprint density at radius 2 is 2.31 bits per heavy atom. The fraction of sp³-hybridized carbons (Fsp3) is 0.538. The van der Waals surface area contributed by atoms with Crippen LogP contribution in [0, 0.1) is 5.92 Å². The van der Waals surface area contributed by atoms with Crippen molar-refractivity contribution in [2.75, 3.05) is 19.8 Å². The highest BCUT2D eigenvalue weighted by Crippen LogP contribution is 2.32. The van der Waals surface area contributed by atoms with Crippen LogP contribution < -0.4 is 5.32 Å². The van der Waals surface area contributed by atoms with Gasteiger partial charge in [-0.25, -0.2) is 0 Å². The number of hydrogen-bond acceptors (Lipinski definition) is 2. The third-order valence-electron chi connectivity index (χ3n) is 3.10. The monoisotopic (exact) mass is 283 g/mol. The molecule has 1 saturated heterocycles. The third kappa shape index (κ3) is 2.65. The molecule has 3 heteroatoms. The number of nitrogens with one attached hydrogen (secondary N) is 1. The summed E-state index contributed by atoms with van der Waals surface area (Å²) in [5, 5.41) is 3.57. The molecular formula is C13H18BrNO. The SMILES string of the molecule is CCNC(c1ccccc1Br)C1CCOC1. The molecule has 0 amide bonds. The molecule has 0 aliphatic carbocycles. The minimum absolute atomic E-state index is 0.406. The molecule has 1 heterocycles. The van der Waals surface area contributed by atoms with Gasteiger partial charge in [-0.1, -0.05) is 41.1 Å².